The highest BCUT2D eigenvalue weighted by molar-refractivity contribution is 5.76. The number of nitrogens with zero attached hydrogens (tertiary/aromatic N) is 2. The van der Waals surface area contributed by atoms with Gasteiger partial charge in [-0.25, -0.2) is 4.98 Å². The fourth-order valence-electron chi connectivity index (χ4n) is 3.37. The first-order valence-electron chi connectivity index (χ1n) is 7.52. The molecule has 0 saturated heterocycles. The van der Waals surface area contributed by atoms with Crippen LogP contribution in [0.15, 0.2) is 24.3 Å². The van der Waals surface area contributed by atoms with Crippen molar-refractivity contribution in [1.82, 2.24) is 9.55 Å². The number of hydrogen-bond donors (Lipinski definition) is 1. The Bertz CT molecular complexity index is 558. The molecule has 102 valence electrons. The van der Waals surface area contributed by atoms with E-state index in [1.54, 1.807) is 0 Å². The summed E-state index contributed by atoms with van der Waals surface area (Å²) in [6, 6.07) is 8.69. The molecule has 0 bridgehead atoms. The molecule has 1 aliphatic rings. The molecule has 0 amide bonds. The molecule has 0 spiro atoms. The Labute approximate surface area is 114 Å². The van der Waals surface area contributed by atoms with E-state index in [1.807, 2.05) is 0 Å². The van der Waals surface area contributed by atoms with Gasteiger partial charge in [0.1, 0.15) is 5.82 Å². The van der Waals surface area contributed by atoms with Crippen molar-refractivity contribution >= 4 is 11.0 Å². The molecule has 1 aromatic heterocycles. The van der Waals surface area contributed by atoms with Crippen molar-refractivity contribution in [1.29, 1.82) is 0 Å². The molecule has 2 aromatic rings. The number of aromatic nitrogens is 2. The lowest BCUT2D eigenvalue weighted by Crippen LogP contribution is -2.29. The van der Waals surface area contributed by atoms with Crippen LogP contribution in [-0.4, -0.2) is 15.6 Å². The Kier molecular flexibility index (Phi) is 3.56. The van der Waals surface area contributed by atoms with Crippen LogP contribution >= 0.6 is 0 Å². The number of nitrogens with two attached hydrogens (primary N) is 1. The van der Waals surface area contributed by atoms with Crippen molar-refractivity contribution < 1.29 is 0 Å². The third-order valence-corrected chi connectivity index (χ3v) is 4.40. The van der Waals surface area contributed by atoms with E-state index in [1.165, 1.54) is 37.0 Å². The second kappa shape index (κ2) is 5.33. The van der Waals surface area contributed by atoms with Gasteiger partial charge in [0.05, 0.1) is 11.0 Å². The maximum Gasteiger partial charge on any atom is 0.114 e. The van der Waals surface area contributed by atoms with E-state index in [0.29, 0.717) is 5.92 Å². The molecule has 1 saturated carbocycles. The van der Waals surface area contributed by atoms with Crippen LogP contribution in [0.3, 0.4) is 0 Å². The summed E-state index contributed by atoms with van der Waals surface area (Å²) in [6.07, 6.45) is 6.19. The first kappa shape index (κ1) is 12.7. The zero-order valence-electron chi connectivity index (χ0n) is 11.7. The second-order valence-corrected chi connectivity index (χ2v) is 5.61. The summed E-state index contributed by atoms with van der Waals surface area (Å²) < 4.78 is 2.35. The molecule has 1 heterocycles. The van der Waals surface area contributed by atoms with Gasteiger partial charge < -0.3 is 10.3 Å². The molecule has 19 heavy (non-hydrogen) atoms. The van der Waals surface area contributed by atoms with Crippen molar-refractivity contribution in [3.05, 3.63) is 30.1 Å². The van der Waals surface area contributed by atoms with Gasteiger partial charge in [-0.2, -0.15) is 0 Å². The first-order valence-corrected chi connectivity index (χ1v) is 7.52. The van der Waals surface area contributed by atoms with Crippen LogP contribution in [0.5, 0.6) is 0 Å². The minimum absolute atomic E-state index is 0.268. The summed E-state index contributed by atoms with van der Waals surface area (Å²) in [5, 5.41) is 0. The average Bonchev–Trinajstić information content (AvgIpc) is 2.67. The van der Waals surface area contributed by atoms with Crippen LogP contribution in [0.25, 0.3) is 11.0 Å². The third kappa shape index (κ3) is 2.27. The molecule has 3 rings (SSSR count). The van der Waals surface area contributed by atoms with Crippen LogP contribution in [0.2, 0.25) is 0 Å². The predicted octanol–water partition coefficient (Wildman–Crippen LogP) is 3.43. The molecule has 2 atom stereocenters. The molecule has 2 N–H and O–H groups in total. The molecular formula is C16H23N3. The lowest BCUT2D eigenvalue weighted by atomic mass is 9.94. The number of hydrogen-bond acceptors (Lipinski definition) is 2. The lowest BCUT2D eigenvalue weighted by molar-refractivity contribution is 0.467. The summed E-state index contributed by atoms with van der Waals surface area (Å²) in [6.45, 7) is 3.17. The van der Waals surface area contributed by atoms with E-state index in [9.17, 15) is 0 Å². The Morgan fingerprint density at radius 2 is 2.00 bits per heavy atom. The van der Waals surface area contributed by atoms with Crippen molar-refractivity contribution in [2.75, 3.05) is 0 Å². The predicted molar refractivity (Wildman–Crippen MR) is 79.2 cm³/mol. The van der Waals surface area contributed by atoms with Crippen molar-refractivity contribution in [3.8, 4) is 0 Å². The van der Waals surface area contributed by atoms with Gasteiger partial charge in [0.15, 0.2) is 0 Å². The second-order valence-electron chi connectivity index (χ2n) is 5.61. The zero-order chi connectivity index (χ0) is 13.2. The monoisotopic (exact) mass is 257 g/mol. The van der Waals surface area contributed by atoms with Crippen molar-refractivity contribution in [2.45, 2.75) is 57.5 Å². The summed E-state index contributed by atoms with van der Waals surface area (Å²) in [5.41, 5.74) is 8.76. The van der Waals surface area contributed by atoms with Gasteiger partial charge in [0, 0.05) is 18.5 Å². The maximum atomic E-state index is 6.40. The third-order valence-electron chi connectivity index (χ3n) is 4.40. The number of para-hydroxylation sites is 2. The summed E-state index contributed by atoms with van der Waals surface area (Å²) in [5.74, 6) is 1.63. The van der Waals surface area contributed by atoms with Gasteiger partial charge in [-0.15, -0.1) is 0 Å². The molecule has 3 nitrogen and oxygen atoms in total. The minimum Gasteiger partial charge on any atom is -0.328 e. The SMILES string of the molecule is CCn1c(C2CCCCCC2N)nc2ccccc21. The highest BCUT2D eigenvalue weighted by Crippen LogP contribution is 2.32. The van der Waals surface area contributed by atoms with E-state index in [0.717, 1.165) is 18.5 Å². The van der Waals surface area contributed by atoms with Gasteiger partial charge in [0.2, 0.25) is 0 Å². The van der Waals surface area contributed by atoms with Gasteiger partial charge in [-0.1, -0.05) is 31.4 Å². The van der Waals surface area contributed by atoms with Crippen LogP contribution in [0.4, 0.5) is 0 Å². The zero-order valence-corrected chi connectivity index (χ0v) is 11.7. The first-order chi connectivity index (χ1) is 9.31. The Morgan fingerprint density at radius 3 is 2.84 bits per heavy atom. The normalized spacial score (nSPS) is 24.5. The summed E-state index contributed by atoms with van der Waals surface area (Å²) in [4.78, 5) is 4.88. The number of fused-ring (bicyclic) bond motifs is 1. The van der Waals surface area contributed by atoms with E-state index in [-0.39, 0.29) is 6.04 Å². The maximum absolute atomic E-state index is 6.40. The van der Waals surface area contributed by atoms with Crippen LogP contribution in [-0.2, 0) is 6.54 Å². The largest absolute Gasteiger partial charge is 0.328 e. The molecule has 0 aliphatic heterocycles. The Morgan fingerprint density at radius 1 is 1.21 bits per heavy atom. The topological polar surface area (TPSA) is 43.8 Å². The van der Waals surface area contributed by atoms with Gasteiger partial charge >= 0.3 is 0 Å². The smallest absolute Gasteiger partial charge is 0.114 e. The van der Waals surface area contributed by atoms with Gasteiger partial charge in [0.25, 0.3) is 0 Å². The molecule has 1 fully saturated rings. The van der Waals surface area contributed by atoms with Crippen molar-refractivity contribution in [3.63, 3.8) is 0 Å². The molecule has 1 aliphatic carbocycles. The van der Waals surface area contributed by atoms with Crippen molar-refractivity contribution in [2.24, 2.45) is 5.73 Å². The number of rotatable bonds is 2. The molecule has 0 radical (unpaired) electrons. The van der Waals surface area contributed by atoms with E-state index < -0.39 is 0 Å². The fourth-order valence-corrected chi connectivity index (χ4v) is 3.37. The minimum atomic E-state index is 0.268. The Hall–Kier alpha value is -1.35. The fraction of sp³-hybridized carbons (Fsp3) is 0.562. The number of aryl methyl sites for hydroxylation is 1. The van der Waals surface area contributed by atoms with E-state index >= 15 is 0 Å². The van der Waals surface area contributed by atoms with Crippen LogP contribution < -0.4 is 5.73 Å². The molecule has 2 unspecified atom stereocenters. The average molecular weight is 257 g/mol. The Balaban J connectivity index is 2.07. The van der Waals surface area contributed by atoms with Gasteiger partial charge in [-0.05, 0) is 31.9 Å². The number of imidazole rings is 1. The highest BCUT2D eigenvalue weighted by atomic mass is 15.1. The standard InChI is InChI=1S/C16H23N3/c1-2-19-15-11-7-6-10-14(15)18-16(19)12-8-4-3-5-9-13(12)17/h6-7,10-13H,2-5,8-9,17H2,1H3. The lowest BCUT2D eigenvalue weighted by Gasteiger charge is -2.21. The number of benzene rings is 1. The quantitative estimate of drug-likeness (QED) is 0.838. The molecule has 1 aromatic carbocycles. The van der Waals surface area contributed by atoms with E-state index in [2.05, 4.69) is 35.8 Å². The highest BCUT2D eigenvalue weighted by Gasteiger charge is 2.26. The van der Waals surface area contributed by atoms with Gasteiger partial charge in [-0.3, -0.25) is 0 Å². The molecular weight excluding hydrogens is 234 g/mol. The summed E-state index contributed by atoms with van der Waals surface area (Å²) >= 11 is 0. The van der Waals surface area contributed by atoms with E-state index in [4.69, 9.17) is 10.7 Å². The molecule has 3 heteroatoms. The van der Waals surface area contributed by atoms with Crippen LogP contribution in [0, 0.1) is 0 Å². The van der Waals surface area contributed by atoms with Crippen LogP contribution in [0.1, 0.15) is 50.8 Å². The summed E-state index contributed by atoms with van der Waals surface area (Å²) in [7, 11) is 0.